The molecule has 3 rings (SSSR count). The van der Waals surface area contributed by atoms with E-state index >= 15 is 0 Å². The van der Waals surface area contributed by atoms with Crippen molar-refractivity contribution < 1.29 is 4.79 Å². The van der Waals surface area contributed by atoms with E-state index in [9.17, 15) is 4.79 Å². The molecule has 4 heteroatoms. The monoisotopic (exact) mass is 302 g/mol. The minimum Gasteiger partial charge on any atom is -0.397 e. The Morgan fingerprint density at radius 1 is 1.38 bits per heavy atom. The number of hydrogen-bond acceptors (Lipinski definition) is 3. The number of carbonyl (C=O) groups is 1. The van der Waals surface area contributed by atoms with Gasteiger partial charge in [0.2, 0.25) is 0 Å². The van der Waals surface area contributed by atoms with Crippen LogP contribution < -0.4 is 11.1 Å². The van der Waals surface area contributed by atoms with E-state index in [1.807, 2.05) is 24.3 Å². The summed E-state index contributed by atoms with van der Waals surface area (Å²) >= 11 is 1.49. The van der Waals surface area contributed by atoms with Crippen LogP contribution in [0.5, 0.6) is 0 Å². The summed E-state index contributed by atoms with van der Waals surface area (Å²) in [5.74, 6) is 1.27. The Balaban J connectivity index is 1.80. The van der Waals surface area contributed by atoms with E-state index < -0.39 is 0 Å². The zero-order valence-corrected chi connectivity index (χ0v) is 13.4. The number of anilines is 1. The number of thiophene rings is 1. The first-order valence-electron chi connectivity index (χ1n) is 7.69. The number of amides is 1. The number of rotatable bonds is 3. The summed E-state index contributed by atoms with van der Waals surface area (Å²) in [5.41, 5.74) is 6.77. The van der Waals surface area contributed by atoms with E-state index in [0.717, 1.165) is 22.4 Å². The molecular formula is C17H22N2OS. The van der Waals surface area contributed by atoms with Gasteiger partial charge >= 0.3 is 0 Å². The molecule has 1 aromatic heterocycles. The first kappa shape index (κ1) is 14.4. The molecule has 3 unspecified atom stereocenters. The van der Waals surface area contributed by atoms with Crippen molar-refractivity contribution >= 4 is 33.0 Å². The first-order chi connectivity index (χ1) is 10.1. The van der Waals surface area contributed by atoms with Crippen LogP contribution in [0.4, 0.5) is 5.69 Å². The topological polar surface area (TPSA) is 55.1 Å². The molecule has 3 nitrogen and oxygen atoms in total. The van der Waals surface area contributed by atoms with E-state index in [0.29, 0.717) is 16.5 Å². The molecule has 3 N–H and O–H groups in total. The van der Waals surface area contributed by atoms with Gasteiger partial charge in [-0.15, -0.1) is 11.3 Å². The Hall–Kier alpha value is -1.55. The number of fused-ring (bicyclic) bond motifs is 1. The van der Waals surface area contributed by atoms with E-state index in [1.54, 1.807) is 0 Å². The van der Waals surface area contributed by atoms with Gasteiger partial charge in [-0.1, -0.05) is 38.5 Å². The Bertz CT molecular complexity index is 664. The van der Waals surface area contributed by atoms with Crippen LogP contribution in [-0.4, -0.2) is 11.9 Å². The van der Waals surface area contributed by atoms with E-state index in [-0.39, 0.29) is 11.9 Å². The Morgan fingerprint density at radius 2 is 2.14 bits per heavy atom. The SMILES string of the molecule is CCC1CCC(NC(=O)c2sc3ccccc3c2N)C1C. The predicted molar refractivity (Wildman–Crippen MR) is 89.7 cm³/mol. The van der Waals surface area contributed by atoms with E-state index in [4.69, 9.17) is 5.73 Å². The van der Waals surface area contributed by atoms with Crippen molar-refractivity contribution in [2.75, 3.05) is 5.73 Å². The van der Waals surface area contributed by atoms with Gasteiger partial charge < -0.3 is 11.1 Å². The summed E-state index contributed by atoms with van der Waals surface area (Å²) in [6.45, 7) is 4.48. The molecule has 1 saturated carbocycles. The largest absolute Gasteiger partial charge is 0.397 e. The molecule has 1 amide bonds. The molecule has 2 aromatic rings. The van der Waals surface area contributed by atoms with Crippen LogP contribution in [0.1, 0.15) is 42.8 Å². The second kappa shape index (κ2) is 5.68. The molecule has 21 heavy (non-hydrogen) atoms. The fourth-order valence-electron chi connectivity index (χ4n) is 3.50. The Labute approximate surface area is 129 Å². The first-order valence-corrected chi connectivity index (χ1v) is 8.51. The molecule has 0 saturated heterocycles. The van der Waals surface area contributed by atoms with Crippen LogP contribution in [0, 0.1) is 11.8 Å². The van der Waals surface area contributed by atoms with Gasteiger partial charge in [0.15, 0.2) is 0 Å². The second-order valence-corrected chi connectivity index (χ2v) is 7.08. The standard InChI is InChI=1S/C17H22N2OS/c1-3-11-8-9-13(10(11)2)19-17(20)16-15(18)12-6-4-5-7-14(12)21-16/h4-7,10-11,13H,3,8-9,18H2,1-2H3,(H,19,20). The third-order valence-electron chi connectivity index (χ3n) is 4.91. The second-order valence-electron chi connectivity index (χ2n) is 6.03. The minimum absolute atomic E-state index is 0.0118. The predicted octanol–water partition coefficient (Wildman–Crippen LogP) is 4.04. The summed E-state index contributed by atoms with van der Waals surface area (Å²) in [5, 5.41) is 4.19. The molecule has 1 aliphatic rings. The molecule has 1 heterocycles. The lowest BCUT2D eigenvalue weighted by molar-refractivity contribution is 0.0931. The lowest BCUT2D eigenvalue weighted by Crippen LogP contribution is -2.37. The minimum atomic E-state index is -0.0118. The zero-order chi connectivity index (χ0) is 15.0. The molecule has 1 aliphatic carbocycles. The van der Waals surface area contributed by atoms with Gasteiger partial charge in [0.1, 0.15) is 4.88 Å². The summed E-state index contributed by atoms with van der Waals surface area (Å²) < 4.78 is 1.08. The van der Waals surface area contributed by atoms with Crippen molar-refractivity contribution in [1.82, 2.24) is 5.32 Å². The van der Waals surface area contributed by atoms with Crippen LogP contribution in [0.2, 0.25) is 0 Å². The van der Waals surface area contributed by atoms with Crippen LogP contribution >= 0.6 is 11.3 Å². The quantitative estimate of drug-likeness (QED) is 0.899. The highest BCUT2D eigenvalue weighted by Crippen LogP contribution is 2.36. The van der Waals surface area contributed by atoms with Gasteiger partial charge in [-0.25, -0.2) is 0 Å². The maximum absolute atomic E-state index is 12.6. The van der Waals surface area contributed by atoms with Crippen molar-refractivity contribution in [2.24, 2.45) is 11.8 Å². The van der Waals surface area contributed by atoms with Crippen LogP contribution in [0.15, 0.2) is 24.3 Å². The fourth-order valence-corrected chi connectivity index (χ4v) is 4.52. The highest BCUT2D eigenvalue weighted by atomic mass is 32.1. The summed E-state index contributed by atoms with van der Waals surface area (Å²) in [4.78, 5) is 13.2. The van der Waals surface area contributed by atoms with Gasteiger partial charge in [0.25, 0.3) is 5.91 Å². The molecule has 0 aliphatic heterocycles. The fraction of sp³-hybridized carbons (Fsp3) is 0.471. The van der Waals surface area contributed by atoms with Crippen LogP contribution in [-0.2, 0) is 0 Å². The van der Waals surface area contributed by atoms with Crippen LogP contribution in [0.3, 0.4) is 0 Å². The molecule has 0 radical (unpaired) electrons. The maximum atomic E-state index is 12.6. The van der Waals surface area contributed by atoms with E-state index in [1.165, 1.54) is 24.2 Å². The number of benzene rings is 1. The normalized spacial score (nSPS) is 25.3. The highest BCUT2D eigenvalue weighted by molar-refractivity contribution is 7.21. The highest BCUT2D eigenvalue weighted by Gasteiger charge is 2.33. The van der Waals surface area contributed by atoms with E-state index in [2.05, 4.69) is 19.2 Å². The van der Waals surface area contributed by atoms with Gasteiger partial charge in [-0.2, -0.15) is 0 Å². The number of carbonyl (C=O) groups excluding carboxylic acids is 1. The number of nitrogen functional groups attached to an aromatic ring is 1. The van der Waals surface area contributed by atoms with Crippen LogP contribution in [0.25, 0.3) is 10.1 Å². The maximum Gasteiger partial charge on any atom is 0.263 e. The molecule has 112 valence electrons. The molecule has 3 atom stereocenters. The Kier molecular flexibility index (Phi) is 3.89. The number of nitrogens with one attached hydrogen (secondary N) is 1. The number of nitrogens with two attached hydrogens (primary N) is 1. The molecular weight excluding hydrogens is 280 g/mol. The Morgan fingerprint density at radius 3 is 2.81 bits per heavy atom. The van der Waals surface area contributed by atoms with Gasteiger partial charge in [-0.3, -0.25) is 4.79 Å². The van der Waals surface area contributed by atoms with Crippen molar-refractivity contribution in [2.45, 2.75) is 39.2 Å². The van der Waals surface area contributed by atoms with Crippen molar-refractivity contribution in [1.29, 1.82) is 0 Å². The zero-order valence-electron chi connectivity index (χ0n) is 12.6. The molecule has 0 spiro atoms. The molecule has 1 aromatic carbocycles. The van der Waals surface area contributed by atoms with Gasteiger partial charge in [0, 0.05) is 16.1 Å². The number of hydrogen-bond donors (Lipinski definition) is 2. The molecule has 0 bridgehead atoms. The lowest BCUT2D eigenvalue weighted by atomic mass is 9.93. The summed E-state index contributed by atoms with van der Waals surface area (Å²) in [7, 11) is 0. The average molecular weight is 302 g/mol. The van der Waals surface area contributed by atoms with Crippen molar-refractivity contribution in [3.63, 3.8) is 0 Å². The van der Waals surface area contributed by atoms with Crippen molar-refractivity contribution in [3.8, 4) is 0 Å². The summed E-state index contributed by atoms with van der Waals surface area (Å²) in [6, 6.07) is 8.21. The summed E-state index contributed by atoms with van der Waals surface area (Å²) in [6.07, 6.45) is 3.49. The van der Waals surface area contributed by atoms with Gasteiger partial charge in [0.05, 0.1) is 5.69 Å². The van der Waals surface area contributed by atoms with Gasteiger partial charge in [-0.05, 0) is 30.7 Å². The van der Waals surface area contributed by atoms with Crippen molar-refractivity contribution in [3.05, 3.63) is 29.1 Å². The third-order valence-corrected chi connectivity index (χ3v) is 6.09. The third kappa shape index (κ3) is 2.53. The molecule has 1 fully saturated rings. The average Bonchev–Trinajstić information content (AvgIpc) is 3.01. The lowest BCUT2D eigenvalue weighted by Gasteiger charge is -2.20. The smallest absolute Gasteiger partial charge is 0.263 e.